The third-order valence-electron chi connectivity index (χ3n) is 1.44. The summed E-state index contributed by atoms with van der Waals surface area (Å²) in [6, 6.07) is -0.617. The number of hydrogen-bond donors (Lipinski definition) is 2. The molecule has 1 atom stereocenters. The van der Waals surface area contributed by atoms with E-state index >= 15 is 0 Å². The smallest absolute Gasteiger partial charge is 0.329 e. The molecule has 0 aromatic carbocycles. The largest absolute Gasteiger partial charge is 0.464 e. The van der Waals surface area contributed by atoms with E-state index < -0.39 is 12.0 Å². The van der Waals surface area contributed by atoms with Gasteiger partial charge < -0.3 is 15.2 Å². The Morgan fingerprint density at radius 3 is 2.62 bits per heavy atom. The van der Waals surface area contributed by atoms with Crippen LogP contribution in [0.5, 0.6) is 0 Å². The van der Waals surface area contributed by atoms with Gasteiger partial charge in [-0.2, -0.15) is 0 Å². The van der Waals surface area contributed by atoms with Crippen LogP contribution < -0.4 is 5.32 Å². The van der Waals surface area contributed by atoms with Gasteiger partial charge in [0.2, 0.25) is 5.91 Å². The van der Waals surface area contributed by atoms with Crippen molar-refractivity contribution in [1.29, 1.82) is 0 Å². The number of carbonyl (C=O) groups excluding carboxylic acids is 2. The molecule has 0 unspecified atom stereocenters. The Balaban J connectivity index is 3.99. The summed E-state index contributed by atoms with van der Waals surface area (Å²) in [6.07, 6.45) is 0. The fraction of sp³-hybridized carbons (Fsp3) is 0.778. The maximum Gasteiger partial charge on any atom is 0.329 e. The molecule has 16 heavy (non-hydrogen) atoms. The van der Waals surface area contributed by atoms with Crippen molar-refractivity contribution in [3.63, 3.8) is 0 Å². The number of hydrogen-bond acceptors (Lipinski definition) is 6. The van der Waals surface area contributed by atoms with Crippen LogP contribution >= 0.6 is 21.6 Å². The van der Waals surface area contributed by atoms with Crippen molar-refractivity contribution in [3.05, 3.63) is 0 Å². The van der Waals surface area contributed by atoms with Crippen molar-refractivity contribution < 1.29 is 19.4 Å². The zero-order valence-corrected chi connectivity index (χ0v) is 11.0. The van der Waals surface area contributed by atoms with E-state index in [9.17, 15) is 9.59 Å². The van der Waals surface area contributed by atoms with E-state index in [0.717, 1.165) is 0 Å². The highest BCUT2D eigenvalue weighted by atomic mass is 33.1. The lowest BCUT2D eigenvalue weighted by atomic mass is 10.3. The lowest BCUT2D eigenvalue weighted by Gasteiger charge is -2.15. The molecule has 0 radical (unpaired) electrons. The molecule has 5 nitrogen and oxygen atoms in total. The molecule has 7 heteroatoms. The Morgan fingerprint density at radius 1 is 1.44 bits per heavy atom. The first-order valence-electron chi connectivity index (χ1n) is 4.90. The molecular formula is C9H17NO4S2. The van der Waals surface area contributed by atoms with Crippen LogP contribution in [0, 0.1) is 0 Å². The third-order valence-corrected chi connectivity index (χ3v) is 3.83. The molecule has 0 aromatic heterocycles. The second kappa shape index (κ2) is 9.80. The highest BCUT2D eigenvalue weighted by Crippen LogP contribution is 2.21. The zero-order chi connectivity index (χ0) is 12.4. The van der Waals surface area contributed by atoms with Gasteiger partial charge >= 0.3 is 5.97 Å². The van der Waals surface area contributed by atoms with Crippen LogP contribution in [0.15, 0.2) is 0 Å². The molecule has 0 heterocycles. The first-order chi connectivity index (χ1) is 7.61. The van der Waals surface area contributed by atoms with Crippen LogP contribution in [0.25, 0.3) is 0 Å². The number of aliphatic hydroxyl groups is 1. The molecule has 0 aliphatic heterocycles. The standard InChI is InChI=1S/C9H17NO4S2/c1-3-14-9(13)8(10-7(2)12)6-16-15-5-4-11/h8,11H,3-6H2,1-2H3,(H,10,12)/t8-/m1/s1. The van der Waals surface area contributed by atoms with Gasteiger partial charge in [0, 0.05) is 18.4 Å². The number of ether oxygens (including phenoxy) is 1. The van der Waals surface area contributed by atoms with Gasteiger partial charge in [0.1, 0.15) is 6.04 Å². The lowest BCUT2D eigenvalue weighted by molar-refractivity contribution is -0.146. The summed E-state index contributed by atoms with van der Waals surface area (Å²) in [6.45, 7) is 3.47. The molecule has 0 saturated carbocycles. The number of nitrogens with one attached hydrogen (secondary N) is 1. The van der Waals surface area contributed by atoms with Crippen molar-refractivity contribution in [2.45, 2.75) is 19.9 Å². The number of aliphatic hydroxyl groups excluding tert-OH is 1. The van der Waals surface area contributed by atoms with Gasteiger partial charge in [-0.3, -0.25) is 4.79 Å². The van der Waals surface area contributed by atoms with E-state index in [1.54, 1.807) is 6.92 Å². The molecular weight excluding hydrogens is 250 g/mol. The van der Waals surface area contributed by atoms with Crippen LogP contribution in [0.4, 0.5) is 0 Å². The second-order valence-electron chi connectivity index (χ2n) is 2.84. The summed E-state index contributed by atoms with van der Waals surface area (Å²) >= 11 is 0. The maximum absolute atomic E-state index is 11.4. The minimum Gasteiger partial charge on any atom is -0.464 e. The van der Waals surface area contributed by atoms with Crippen LogP contribution in [0.1, 0.15) is 13.8 Å². The molecule has 0 saturated heterocycles. The van der Waals surface area contributed by atoms with E-state index in [1.165, 1.54) is 28.5 Å². The fourth-order valence-electron chi connectivity index (χ4n) is 0.869. The van der Waals surface area contributed by atoms with Crippen molar-refractivity contribution in [1.82, 2.24) is 5.32 Å². The van der Waals surface area contributed by atoms with Gasteiger partial charge in [-0.1, -0.05) is 21.6 Å². The van der Waals surface area contributed by atoms with E-state index in [0.29, 0.717) is 18.1 Å². The molecule has 0 rings (SSSR count). The number of esters is 1. The lowest BCUT2D eigenvalue weighted by Crippen LogP contribution is -2.42. The average Bonchev–Trinajstić information content (AvgIpc) is 2.22. The highest BCUT2D eigenvalue weighted by molar-refractivity contribution is 8.76. The predicted octanol–water partition coefficient (Wildman–Crippen LogP) is 0.428. The summed E-state index contributed by atoms with van der Waals surface area (Å²) < 4.78 is 4.84. The molecule has 0 aliphatic carbocycles. The normalized spacial score (nSPS) is 11.9. The van der Waals surface area contributed by atoms with E-state index in [1.807, 2.05) is 0 Å². The molecule has 2 N–H and O–H groups in total. The summed E-state index contributed by atoms with van der Waals surface area (Å²) in [4.78, 5) is 22.3. The van der Waals surface area contributed by atoms with Crippen molar-refractivity contribution in [3.8, 4) is 0 Å². The summed E-state index contributed by atoms with van der Waals surface area (Å²) in [7, 11) is 2.87. The fourth-order valence-corrected chi connectivity index (χ4v) is 2.79. The Hall–Kier alpha value is -0.400. The van der Waals surface area contributed by atoms with Crippen molar-refractivity contribution >= 4 is 33.5 Å². The van der Waals surface area contributed by atoms with E-state index in [2.05, 4.69) is 5.32 Å². The van der Waals surface area contributed by atoms with Crippen LogP contribution in [-0.2, 0) is 14.3 Å². The number of rotatable bonds is 8. The molecule has 1 amide bonds. The van der Waals surface area contributed by atoms with Crippen LogP contribution in [0.3, 0.4) is 0 Å². The second-order valence-corrected chi connectivity index (χ2v) is 5.46. The molecule has 94 valence electrons. The van der Waals surface area contributed by atoms with E-state index in [-0.39, 0.29) is 12.5 Å². The third kappa shape index (κ3) is 7.84. The van der Waals surface area contributed by atoms with Crippen LogP contribution in [-0.4, -0.2) is 47.7 Å². The van der Waals surface area contributed by atoms with Gasteiger partial charge in [-0.25, -0.2) is 4.79 Å². The van der Waals surface area contributed by atoms with E-state index in [4.69, 9.17) is 9.84 Å². The molecule has 0 aliphatic rings. The Bertz CT molecular complexity index is 226. The molecule has 0 bridgehead atoms. The van der Waals surface area contributed by atoms with Crippen molar-refractivity contribution in [2.75, 3.05) is 24.7 Å². The van der Waals surface area contributed by atoms with Crippen molar-refractivity contribution in [2.24, 2.45) is 0 Å². The van der Waals surface area contributed by atoms with Gasteiger partial charge in [0.15, 0.2) is 0 Å². The molecule has 0 fully saturated rings. The minimum atomic E-state index is -0.617. The summed E-state index contributed by atoms with van der Waals surface area (Å²) in [5.41, 5.74) is 0. The molecule has 0 spiro atoms. The monoisotopic (exact) mass is 267 g/mol. The Labute approximate surface area is 103 Å². The van der Waals surface area contributed by atoms with Gasteiger partial charge in [-0.05, 0) is 6.92 Å². The zero-order valence-electron chi connectivity index (χ0n) is 9.39. The van der Waals surface area contributed by atoms with Gasteiger partial charge in [-0.15, -0.1) is 0 Å². The first kappa shape index (κ1) is 15.6. The Kier molecular flexibility index (Phi) is 9.55. The minimum absolute atomic E-state index is 0.0991. The van der Waals surface area contributed by atoms with Crippen LogP contribution in [0.2, 0.25) is 0 Å². The van der Waals surface area contributed by atoms with Gasteiger partial charge in [0.05, 0.1) is 13.2 Å². The average molecular weight is 267 g/mol. The maximum atomic E-state index is 11.4. The SMILES string of the molecule is CCOC(=O)[C@@H](CSSCCO)NC(C)=O. The summed E-state index contributed by atoms with van der Waals surface area (Å²) in [5, 5.41) is 11.1. The highest BCUT2D eigenvalue weighted by Gasteiger charge is 2.20. The number of amides is 1. The quantitative estimate of drug-likeness (QED) is 0.377. The molecule has 0 aromatic rings. The Morgan fingerprint density at radius 2 is 2.12 bits per heavy atom. The topological polar surface area (TPSA) is 75.6 Å². The number of carbonyl (C=O) groups is 2. The van der Waals surface area contributed by atoms with Gasteiger partial charge in [0.25, 0.3) is 0 Å². The summed E-state index contributed by atoms with van der Waals surface area (Å²) in [5.74, 6) is 0.351. The predicted molar refractivity (Wildman–Crippen MR) is 66.2 cm³/mol. The first-order valence-corrected chi connectivity index (χ1v) is 7.39.